The maximum Gasteiger partial charge on any atom is 0.161 e. The Bertz CT molecular complexity index is 454. The summed E-state index contributed by atoms with van der Waals surface area (Å²) < 4.78 is 10.8. The topological polar surface area (TPSA) is 33.7 Å². The maximum absolute atomic E-state index is 5.42. The fourth-order valence-electron chi connectivity index (χ4n) is 2.61. The van der Waals surface area contributed by atoms with Crippen molar-refractivity contribution in [1.29, 1.82) is 0 Å². The van der Waals surface area contributed by atoms with E-state index in [1.807, 2.05) is 0 Å². The first-order chi connectivity index (χ1) is 9.67. The van der Waals surface area contributed by atoms with Crippen LogP contribution in [0.25, 0.3) is 0 Å². The zero-order valence-electron chi connectivity index (χ0n) is 12.7. The minimum Gasteiger partial charge on any atom is -0.493 e. The van der Waals surface area contributed by atoms with E-state index in [9.17, 15) is 0 Å². The first-order valence-corrected chi connectivity index (χ1v) is 8.15. The molecule has 20 heavy (non-hydrogen) atoms. The third kappa shape index (κ3) is 3.59. The lowest BCUT2D eigenvalue weighted by atomic mass is 10.1. The number of rotatable bonds is 5. The molecule has 2 rings (SSSR count). The Morgan fingerprint density at radius 1 is 1.30 bits per heavy atom. The molecule has 1 fully saturated rings. The fourth-order valence-corrected chi connectivity index (χ4v) is 3.22. The fraction of sp³-hybridized carbons (Fsp3) is 0.600. The van der Waals surface area contributed by atoms with E-state index in [2.05, 4.69) is 35.5 Å². The number of thioether (sulfide) groups is 1. The number of nitrogens with one attached hydrogen (secondary N) is 1. The normalized spacial score (nSPS) is 19.9. The van der Waals surface area contributed by atoms with Gasteiger partial charge in [-0.2, -0.15) is 0 Å². The standard InChI is InChI=1S/C15H24N2O2S/c1-11-9-17(6-5-16-11)10-12-7-13(18-2)14(19-3)8-15(12)20-4/h7-8,11,16H,5-6,9-10H2,1-4H3. The lowest BCUT2D eigenvalue weighted by molar-refractivity contribution is 0.198. The molecule has 1 aromatic rings. The third-order valence-electron chi connectivity index (χ3n) is 3.63. The van der Waals surface area contributed by atoms with E-state index in [0.717, 1.165) is 37.7 Å². The molecule has 1 N–H and O–H groups in total. The van der Waals surface area contributed by atoms with E-state index < -0.39 is 0 Å². The molecule has 0 bridgehead atoms. The number of hydrogen-bond donors (Lipinski definition) is 1. The Labute approximate surface area is 125 Å². The molecule has 5 heteroatoms. The van der Waals surface area contributed by atoms with Crippen LogP contribution in [-0.2, 0) is 6.54 Å². The van der Waals surface area contributed by atoms with Crippen LogP contribution in [0.4, 0.5) is 0 Å². The molecule has 112 valence electrons. The van der Waals surface area contributed by atoms with Crippen molar-refractivity contribution in [2.24, 2.45) is 0 Å². The Morgan fingerprint density at radius 2 is 2.00 bits per heavy atom. The smallest absolute Gasteiger partial charge is 0.161 e. The van der Waals surface area contributed by atoms with Crippen LogP contribution in [0.5, 0.6) is 11.5 Å². The SMILES string of the molecule is COc1cc(CN2CCNC(C)C2)c(SC)cc1OC. The van der Waals surface area contributed by atoms with Gasteiger partial charge in [0.15, 0.2) is 11.5 Å². The summed E-state index contributed by atoms with van der Waals surface area (Å²) in [5, 5.41) is 3.48. The van der Waals surface area contributed by atoms with Gasteiger partial charge >= 0.3 is 0 Å². The molecule has 1 aliphatic heterocycles. The van der Waals surface area contributed by atoms with Crippen molar-refractivity contribution >= 4 is 11.8 Å². The van der Waals surface area contributed by atoms with Gasteiger partial charge in [0.1, 0.15) is 0 Å². The summed E-state index contributed by atoms with van der Waals surface area (Å²) in [4.78, 5) is 3.75. The van der Waals surface area contributed by atoms with E-state index in [0.29, 0.717) is 6.04 Å². The van der Waals surface area contributed by atoms with Crippen LogP contribution >= 0.6 is 11.8 Å². The van der Waals surface area contributed by atoms with E-state index >= 15 is 0 Å². The highest BCUT2D eigenvalue weighted by atomic mass is 32.2. The molecule has 0 radical (unpaired) electrons. The van der Waals surface area contributed by atoms with Crippen molar-refractivity contribution < 1.29 is 9.47 Å². The van der Waals surface area contributed by atoms with E-state index in [-0.39, 0.29) is 0 Å². The van der Waals surface area contributed by atoms with Crippen molar-refractivity contribution in [3.63, 3.8) is 0 Å². The van der Waals surface area contributed by atoms with Crippen LogP contribution < -0.4 is 14.8 Å². The number of piperazine rings is 1. The summed E-state index contributed by atoms with van der Waals surface area (Å²) in [6, 6.07) is 4.74. The largest absolute Gasteiger partial charge is 0.493 e. The second-order valence-electron chi connectivity index (χ2n) is 5.11. The molecule has 1 unspecified atom stereocenters. The van der Waals surface area contributed by atoms with Gasteiger partial charge in [0.05, 0.1) is 14.2 Å². The molecule has 0 aromatic heterocycles. The van der Waals surface area contributed by atoms with Gasteiger partial charge in [-0.3, -0.25) is 4.90 Å². The molecule has 1 saturated heterocycles. The molecule has 1 atom stereocenters. The quantitative estimate of drug-likeness (QED) is 0.843. The molecular weight excluding hydrogens is 272 g/mol. The van der Waals surface area contributed by atoms with Crippen LogP contribution in [-0.4, -0.2) is 51.1 Å². The number of nitrogens with zero attached hydrogens (tertiary/aromatic N) is 1. The first kappa shape index (κ1) is 15.5. The Kier molecular flexibility index (Phi) is 5.57. The number of methoxy groups -OCH3 is 2. The highest BCUT2D eigenvalue weighted by Gasteiger charge is 2.18. The Balaban J connectivity index is 2.21. The Hall–Kier alpha value is -0.910. The van der Waals surface area contributed by atoms with Crippen molar-refractivity contribution in [2.75, 3.05) is 40.1 Å². The molecule has 0 saturated carbocycles. The van der Waals surface area contributed by atoms with Crippen LogP contribution in [0.3, 0.4) is 0 Å². The van der Waals surface area contributed by atoms with Gasteiger partial charge < -0.3 is 14.8 Å². The minimum atomic E-state index is 0.557. The molecular formula is C15H24N2O2S. The summed E-state index contributed by atoms with van der Waals surface area (Å²) in [7, 11) is 3.37. The summed E-state index contributed by atoms with van der Waals surface area (Å²) in [5.41, 5.74) is 1.31. The highest BCUT2D eigenvalue weighted by Crippen LogP contribution is 2.35. The van der Waals surface area contributed by atoms with Crippen molar-refractivity contribution in [3.8, 4) is 11.5 Å². The lowest BCUT2D eigenvalue weighted by Gasteiger charge is -2.32. The summed E-state index contributed by atoms with van der Waals surface area (Å²) in [6.45, 7) is 6.43. The van der Waals surface area contributed by atoms with E-state index in [4.69, 9.17) is 9.47 Å². The monoisotopic (exact) mass is 296 g/mol. The average molecular weight is 296 g/mol. The van der Waals surface area contributed by atoms with Gasteiger partial charge in [-0.15, -0.1) is 11.8 Å². The van der Waals surface area contributed by atoms with Crippen LogP contribution in [0.15, 0.2) is 17.0 Å². The minimum absolute atomic E-state index is 0.557. The van der Waals surface area contributed by atoms with Gasteiger partial charge in [-0.1, -0.05) is 0 Å². The number of benzene rings is 1. The predicted molar refractivity (Wildman–Crippen MR) is 84.1 cm³/mol. The van der Waals surface area contributed by atoms with Crippen LogP contribution in [0.1, 0.15) is 12.5 Å². The average Bonchev–Trinajstić information content (AvgIpc) is 2.46. The molecule has 4 nitrogen and oxygen atoms in total. The zero-order valence-corrected chi connectivity index (χ0v) is 13.5. The van der Waals surface area contributed by atoms with E-state index in [1.54, 1.807) is 26.0 Å². The molecule has 1 aromatic carbocycles. The van der Waals surface area contributed by atoms with Gasteiger partial charge in [-0.25, -0.2) is 0 Å². The van der Waals surface area contributed by atoms with Crippen molar-refractivity contribution in [2.45, 2.75) is 24.4 Å². The molecule has 0 amide bonds. The van der Waals surface area contributed by atoms with Gasteiger partial charge in [0.2, 0.25) is 0 Å². The molecule has 0 aliphatic carbocycles. The zero-order chi connectivity index (χ0) is 14.5. The number of hydrogen-bond acceptors (Lipinski definition) is 5. The molecule has 1 aliphatic rings. The second-order valence-corrected chi connectivity index (χ2v) is 5.96. The van der Waals surface area contributed by atoms with Crippen molar-refractivity contribution in [1.82, 2.24) is 10.2 Å². The third-order valence-corrected chi connectivity index (χ3v) is 4.45. The predicted octanol–water partition coefficient (Wildman–Crippen LogP) is 2.22. The van der Waals surface area contributed by atoms with Crippen LogP contribution in [0.2, 0.25) is 0 Å². The maximum atomic E-state index is 5.42. The highest BCUT2D eigenvalue weighted by molar-refractivity contribution is 7.98. The molecule has 1 heterocycles. The second kappa shape index (κ2) is 7.20. The summed E-state index contributed by atoms with van der Waals surface area (Å²) >= 11 is 1.76. The van der Waals surface area contributed by atoms with Crippen LogP contribution in [0, 0.1) is 0 Å². The number of ether oxygens (including phenoxy) is 2. The summed E-state index contributed by atoms with van der Waals surface area (Å²) in [5.74, 6) is 1.61. The Morgan fingerprint density at radius 3 is 2.60 bits per heavy atom. The van der Waals surface area contributed by atoms with Gasteiger partial charge in [0, 0.05) is 37.1 Å². The van der Waals surface area contributed by atoms with E-state index in [1.165, 1.54) is 10.5 Å². The van der Waals surface area contributed by atoms with Crippen molar-refractivity contribution in [3.05, 3.63) is 17.7 Å². The summed E-state index contributed by atoms with van der Waals surface area (Å²) in [6.07, 6.45) is 2.10. The lowest BCUT2D eigenvalue weighted by Crippen LogP contribution is -2.48. The van der Waals surface area contributed by atoms with Gasteiger partial charge in [0.25, 0.3) is 0 Å². The first-order valence-electron chi connectivity index (χ1n) is 6.92. The molecule has 0 spiro atoms. The van der Waals surface area contributed by atoms with Gasteiger partial charge in [-0.05, 0) is 30.9 Å².